The Kier molecular flexibility index (Phi) is 4.00. The number of benzene rings is 2. The smallest absolute Gasteiger partial charge is 0.262 e. The molecule has 3 rings (SSSR count). The second-order valence-electron chi connectivity index (χ2n) is 5.80. The Morgan fingerprint density at radius 1 is 1.18 bits per heavy atom. The van der Waals surface area contributed by atoms with Crippen LogP contribution in [0.25, 0.3) is 0 Å². The molecular formula is C18H20N2O2. The zero-order valence-electron chi connectivity index (χ0n) is 12.8. The van der Waals surface area contributed by atoms with Gasteiger partial charge in [-0.25, -0.2) is 0 Å². The Labute approximate surface area is 130 Å². The summed E-state index contributed by atoms with van der Waals surface area (Å²) in [6, 6.07) is 14.4. The summed E-state index contributed by atoms with van der Waals surface area (Å²) in [6.07, 6.45) is 0. The third-order valence-corrected chi connectivity index (χ3v) is 3.76. The van der Waals surface area contributed by atoms with Crippen LogP contribution in [0.1, 0.15) is 30.9 Å². The minimum absolute atomic E-state index is 0.0765. The third kappa shape index (κ3) is 3.22. The molecule has 0 spiro atoms. The molecule has 2 aromatic carbocycles. The molecule has 0 aliphatic carbocycles. The first-order valence-electron chi connectivity index (χ1n) is 7.51. The lowest BCUT2D eigenvalue weighted by molar-refractivity contribution is -0.118. The highest BCUT2D eigenvalue weighted by Crippen LogP contribution is 2.30. The van der Waals surface area contributed by atoms with Crippen molar-refractivity contribution in [2.24, 2.45) is 0 Å². The summed E-state index contributed by atoms with van der Waals surface area (Å²) in [5.74, 6) is 1.15. The lowest BCUT2D eigenvalue weighted by Gasteiger charge is -2.19. The normalized spacial score (nSPS) is 13.3. The van der Waals surface area contributed by atoms with Crippen molar-refractivity contribution in [1.82, 2.24) is 0 Å². The molecule has 1 aliphatic heterocycles. The van der Waals surface area contributed by atoms with Gasteiger partial charge in [0.1, 0.15) is 5.75 Å². The molecule has 0 atom stereocenters. The highest BCUT2D eigenvalue weighted by molar-refractivity contribution is 5.95. The van der Waals surface area contributed by atoms with Gasteiger partial charge in [-0.05, 0) is 29.2 Å². The van der Waals surface area contributed by atoms with Gasteiger partial charge in [0.15, 0.2) is 6.61 Å². The van der Waals surface area contributed by atoms with Crippen molar-refractivity contribution in [1.29, 1.82) is 0 Å². The maximum Gasteiger partial charge on any atom is 0.262 e. The molecule has 4 heteroatoms. The summed E-state index contributed by atoms with van der Waals surface area (Å²) in [7, 11) is 0. The Morgan fingerprint density at radius 3 is 2.68 bits per heavy atom. The van der Waals surface area contributed by atoms with Crippen LogP contribution in [-0.2, 0) is 11.3 Å². The Bertz CT molecular complexity index is 678. The van der Waals surface area contributed by atoms with Gasteiger partial charge in [-0.15, -0.1) is 0 Å². The molecule has 2 aromatic rings. The van der Waals surface area contributed by atoms with Crippen LogP contribution in [0.5, 0.6) is 5.75 Å². The highest BCUT2D eigenvalue weighted by Gasteiger charge is 2.15. The van der Waals surface area contributed by atoms with E-state index in [9.17, 15) is 4.79 Å². The molecule has 2 N–H and O–H groups in total. The summed E-state index contributed by atoms with van der Waals surface area (Å²) < 4.78 is 5.42. The molecule has 4 nitrogen and oxygen atoms in total. The van der Waals surface area contributed by atoms with Crippen molar-refractivity contribution >= 4 is 17.3 Å². The second-order valence-corrected chi connectivity index (χ2v) is 5.80. The molecule has 1 aliphatic rings. The van der Waals surface area contributed by atoms with Crippen LogP contribution < -0.4 is 15.4 Å². The largest absolute Gasteiger partial charge is 0.482 e. The maximum atomic E-state index is 11.2. The van der Waals surface area contributed by atoms with E-state index in [1.807, 2.05) is 18.2 Å². The number of hydrogen-bond donors (Lipinski definition) is 2. The number of carbonyl (C=O) groups excluding carboxylic acids is 1. The predicted molar refractivity (Wildman–Crippen MR) is 88.4 cm³/mol. The molecule has 1 heterocycles. The van der Waals surface area contributed by atoms with Crippen molar-refractivity contribution in [3.63, 3.8) is 0 Å². The van der Waals surface area contributed by atoms with Crippen molar-refractivity contribution in [2.75, 3.05) is 17.2 Å². The standard InChI is InChI=1S/C18H20N2O2/c1-12(2)14-5-3-13(4-6-14)10-19-15-7-8-16-17(9-15)22-11-18(21)20-16/h3-9,12,19H,10-11H2,1-2H3,(H,20,21). The van der Waals surface area contributed by atoms with Gasteiger partial charge in [0.25, 0.3) is 5.91 Å². The lowest BCUT2D eigenvalue weighted by atomic mass is 10.0. The second kappa shape index (κ2) is 6.10. The van der Waals surface area contributed by atoms with Crippen LogP contribution in [0.3, 0.4) is 0 Å². The van der Waals surface area contributed by atoms with Crippen LogP contribution in [0.15, 0.2) is 42.5 Å². The van der Waals surface area contributed by atoms with Gasteiger partial charge in [-0.3, -0.25) is 4.79 Å². The SMILES string of the molecule is CC(C)c1ccc(CNc2ccc3c(c2)OCC(=O)N3)cc1. The number of amides is 1. The minimum Gasteiger partial charge on any atom is -0.482 e. The Morgan fingerprint density at radius 2 is 1.95 bits per heavy atom. The van der Waals surface area contributed by atoms with E-state index in [1.165, 1.54) is 11.1 Å². The van der Waals surface area contributed by atoms with Gasteiger partial charge in [0.05, 0.1) is 5.69 Å². The van der Waals surface area contributed by atoms with E-state index in [2.05, 4.69) is 48.7 Å². The van der Waals surface area contributed by atoms with Gasteiger partial charge >= 0.3 is 0 Å². The number of anilines is 2. The van der Waals surface area contributed by atoms with Crippen molar-refractivity contribution < 1.29 is 9.53 Å². The van der Waals surface area contributed by atoms with E-state index in [0.717, 1.165) is 17.9 Å². The van der Waals surface area contributed by atoms with E-state index in [0.29, 0.717) is 11.7 Å². The molecule has 22 heavy (non-hydrogen) atoms. The summed E-state index contributed by atoms with van der Waals surface area (Å²) in [4.78, 5) is 11.2. The van der Waals surface area contributed by atoms with Crippen molar-refractivity contribution in [3.05, 3.63) is 53.6 Å². The van der Waals surface area contributed by atoms with Gasteiger partial charge in [-0.2, -0.15) is 0 Å². The molecular weight excluding hydrogens is 276 g/mol. The monoisotopic (exact) mass is 296 g/mol. The molecule has 1 amide bonds. The van der Waals surface area contributed by atoms with E-state index in [4.69, 9.17) is 4.74 Å². The van der Waals surface area contributed by atoms with Crippen LogP contribution in [0.4, 0.5) is 11.4 Å². The molecule has 0 radical (unpaired) electrons. The minimum atomic E-state index is -0.113. The fourth-order valence-electron chi connectivity index (χ4n) is 2.41. The number of carbonyl (C=O) groups is 1. The number of nitrogens with one attached hydrogen (secondary N) is 2. The quantitative estimate of drug-likeness (QED) is 0.903. The molecule has 0 unspecified atom stereocenters. The third-order valence-electron chi connectivity index (χ3n) is 3.76. The molecule has 114 valence electrons. The first-order valence-corrected chi connectivity index (χ1v) is 7.51. The fourth-order valence-corrected chi connectivity index (χ4v) is 2.41. The summed E-state index contributed by atoms with van der Waals surface area (Å²) in [5, 5.41) is 6.16. The van der Waals surface area contributed by atoms with Crippen molar-refractivity contribution in [3.8, 4) is 5.75 Å². The summed E-state index contributed by atoms with van der Waals surface area (Å²) in [5.41, 5.74) is 4.28. The van der Waals surface area contributed by atoms with Gasteiger partial charge in [-0.1, -0.05) is 38.1 Å². The lowest BCUT2D eigenvalue weighted by Crippen LogP contribution is -2.25. The Balaban J connectivity index is 1.65. The number of hydrogen-bond acceptors (Lipinski definition) is 3. The Hall–Kier alpha value is -2.49. The van der Waals surface area contributed by atoms with Crippen LogP contribution in [-0.4, -0.2) is 12.5 Å². The zero-order chi connectivity index (χ0) is 15.5. The van der Waals surface area contributed by atoms with Gasteiger partial charge in [0.2, 0.25) is 0 Å². The summed E-state index contributed by atoms with van der Waals surface area (Å²) >= 11 is 0. The number of ether oxygens (including phenoxy) is 1. The van der Waals surface area contributed by atoms with Crippen molar-refractivity contribution in [2.45, 2.75) is 26.3 Å². The predicted octanol–water partition coefficient (Wildman–Crippen LogP) is 3.75. The molecule has 0 saturated heterocycles. The van der Waals surface area contributed by atoms with Crippen LogP contribution in [0, 0.1) is 0 Å². The summed E-state index contributed by atoms with van der Waals surface area (Å²) in [6.45, 7) is 5.22. The first kappa shape index (κ1) is 14.4. The molecule has 0 saturated carbocycles. The molecule has 0 aromatic heterocycles. The van der Waals surface area contributed by atoms with Crippen LogP contribution in [0.2, 0.25) is 0 Å². The van der Waals surface area contributed by atoms with Gasteiger partial charge in [0, 0.05) is 18.3 Å². The topological polar surface area (TPSA) is 50.4 Å². The molecule has 0 bridgehead atoms. The number of rotatable bonds is 4. The van der Waals surface area contributed by atoms with E-state index in [-0.39, 0.29) is 12.5 Å². The average Bonchev–Trinajstić information content (AvgIpc) is 2.53. The van der Waals surface area contributed by atoms with E-state index >= 15 is 0 Å². The number of fused-ring (bicyclic) bond motifs is 1. The average molecular weight is 296 g/mol. The van der Waals surface area contributed by atoms with E-state index in [1.54, 1.807) is 0 Å². The van der Waals surface area contributed by atoms with Gasteiger partial charge < -0.3 is 15.4 Å². The first-order chi connectivity index (χ1) is 10.6. The maximum absolute atomic E-state index is 11.2. The zero-order valence-corrected chi connectivity index (χ0v) is 12.8. The highest BCUT2D eigenvalue weighted by atomic mass is 16.5. The van der Waals surface area contributed by atoms with Crippen LogP contribution >= 0.6 is 0 Å². The van der Waals surface area contributed by atoms with E-state index < -0.39 is 0 Å². The molecule has 0 fully saturated rings. The fraction of sp³-hybridized carbons (Fsp3) is 0.278.